The highest BCUT2D eigenvalue weighted by atomic mass is 79.9. The van der Waals surface area contributed by atoms with Crippen molar-refractivity contribution in [2.45, 2.75) is 39.7 Å². The van der Waals surface area contributed by atoms with Crippen LogP contribution in [0.3, 0.4) is 0 Å². The number of benzene rings is 1. The third-order valence-electron chi connectivity index (χ3n) is 2.91. The van der Waals surface area contributed by atoms with Crippen molar-refractivity contribution in [1.29, 1.82) is 0 Å². The molecular weight excluding hydrogens is 292 g/mol. The number of ether oxygens (including phenoxy) is 1. The second-order valence-electron chi connectivity index (χ2n) is 4.74. The maximum atomic E-state index is 12.1. The molecular formula is C15H21BrO2. The van der Waals surface area contributed by atoms with Gasteiger partial charge in [0.1, 0.15) is 6.10 Å². The minimum atomic E-state index is -0.370. The Morgan fingerprint density at radius 3 is 2.44 bits per heavy atom. The Morgan fingerprint density at radius 1 is 1.28 bits per heavy atom. The molecule has 0 N–H and O–H groups in total. The van der Waals surface area contributed by atoms with E-state index >= 15 is 0 Å². The molecule has 0 bridgehead atoms. The molecule has 100 valence electrons. The summed E-state index contributed by atoms with van der Waals surface area (Å²) in [6.07, 6.45) is 1.92. The summed E-state index contributed by atoms with van der Waals surface area (Å²) in [6, 6.07) is 7.39. The lowest BCUT2D eigenvalue weighted by atomic mass is 10.1. The summed E-state index contributed by atoms with van der Waals surface area (Å²) in [6.45, 7) is 6.79. The zero-order valence-electron chi connectivity index (χ0n) is 11.3. The lowest BCUT2D eigenvalue weighted by Crippen LogP contribution is -2.23. The van der Waals surface area contributed by atoms with Crippen molar-refractivity contribution in [3.63, 3.8) is 0 Å². The van der Waals surface area contributed by atoms with Crippen LogP contribution in [0.25, 0.3) is 0 Å². The second kappa shape index (κ2) is 7.70. The van der Waals surface area contributed by atoms with Crippen LogP contribution < -0.4 is 0 Å². The predicted octanol–water partition coefficient (Wildman–Crippen LogP) is 4.47. The van der Waals surface area contributed by atoms with Crippen LogP contribution in [0, 0.1) is 5.92 Å². The van der Waals surface area contributed by atoms with Gasteiger partial charge in [-0.3, -0.25) is 4.79 Å². The lowest BCUT2D eigenvalue weighted by Gasteiger charge is -2.16. The fourth-order valence-corrected chi connectivity index (χ4v) is 2.07. The van der Waals surface area contributed by atoms with E-state index in [9.17, 15) is 4.79 Å². The van der Waals surface area contributed by atoms with E-state index in [4.69, 9.17) is 4.74 Å². The second-order valence-corrected chi connectivity index (χ2v) is 5.66. The van der Waals surface area contributed by atoms with Gasteiger partial charge in [-0.05, 0) is 31.4 Å². The molecule has 0 saturated carbocycles. The molecule has 0 spiro atoms. The molecule has 0 aliphatic rings. The van der Waals surface area contributed by atoms with Gasteiger partial charge in [-0.2, -0.15) is 0 Å². The molecule has 2 nitrogen and oxygen atoms in total. The zero-order valence-corrected chi connectivity index (χ0v) is 12.9. The van der Waals surface area contributed by atoms with Crippen molar-refractivity contribution >= 4 is 21.7 Å². The zero-order chi connectivity index (χ0) is 13.5. The summed E-state index contributed by atoms with van der Waals surface area (Å²) in [7, 11) is 0. The van der Waals surface area contributed by atoms with Gasteiger partial charge in [0.05, 0.1) is 6.61 Å². The first-order valence-electron chi connectivity index (χ1n) is 6.46. The van der Waals surface area contributed by atoms with Crippen molar-refractivity contribution in [3.05, 3.63) is 34.3 Å². The van der Waals surface area contributed by atoms with Crippen LogP contribution in [0.15, 0.2) is 28.7 Å². The minimum Gasteiger partial charge on any atom is -0.370 e. The standard InChI is InChI=1S/C15H21BrO2/c1-4-5-11(2)10-18-12(3)15(17)13-6-8-14(16)9-7-13/h6-9,11-12H,4-5,10H2,1-3H3. The van der Waals surface area contributed by atoms with Crippen molar-refractivity contribution in [3.8, 4) is 0 Å². The van der Waals surface area contributed by atoms with E-state index in [2.05, 4.69) is 29.8 Å². The maximum Gasteiger partial charge on any atom is 0.191 e. The normalized spacial score (nSPS) is 14.2. The third kappa shape index (κ3) is 4.91. The van der Waals surface area contributed by atoms with Crippen molar-refractivity contribution in [1.82, 2.24) is 0 Å². The van der Waals surface area contributed by atoms with Crippen LogP contribution in [-0.2, 0) is 4.74 Å². The maximum absolute atomic E-state index is 12.1. The van der Waals surface area contributed by atoms with Gasteiger partial charge in [-0.15, -0.1) is 0 Å². The summed E-state index contributed by atoms with van der Waals surface area (Å²) in [5.74, 6) is 0.557. The highest BCUT2D eigenvalue weighted by molar-refractivity contribution is 9.10. The fourth-order valence-electron chi connectivity index (χ4n) is 1.81. The molecule has 0 radical (unpaired) electrons. The van der Waals surface area contributed by atoms with Crippen LogP contribution in [0.2, 0.25) is 0 Å². The van der Waals surface area contributed by atoms with E-state index in [0.29, 0.717) is 18.1 Å². The van der Waals surface area contributed by atoms with Crippen molar-refractivity contribution in [2.75, 3.05) is 6.61 Å². The molecule has 0 aliphatic heterocycles. The van der Waals surface area contributed by atoms with E-state index in [1.807, 2.05) is 31.2 Å². The van der Waals surface area contributed by atoms with E-state index in [0.717, 1.165) is 17.3 Å². The third-order valence-corrected chi connectivity index (χ3v) is 3.44. The van der Waals surface area contributed by atoms with Crippen molar-refractivity contribution < 1.29 is 9.53 Å². The van der Waals surface area contributed by atoms with Crippen LogP contribution >= 0.6 is 15.9 Å². The molecule has 1 aromatic rings. The number of ketones is 1. The monoisotopic (exact) mass is 312 g/mol. The highest BCUT2D eigenvalue weighted by Gasteiger charge is 2.16. The summed E-state index contributed by atoms with van der Waals surface area (Å²) in [4.78, 5) is 12.1. The number of Topliss-reactive ketones (excluding diaryl/α,β-unsaturated/α-hetero) is 1. The Balaban J connectivity index is 2.48. The summed E-state index contributed by atoms with van der Waals surface area (Å²) in [5, 5.41) is 0. The molecule has 0 heterocycles. The number of halogens is 1. The van der Waals surface area contributed by atoms with Crippen LogP contribution in [0.4, 0.5) is 0 Å². The smallest absolute Gasteiger partial charge is 0.191 e. The molecule has 0 saturated heterocycles. The Morgan fingerprint density at radius 2 is 1.89 bits per heavy atom. The molecule has 0 aliphatic carbocycles. The number of carbonyl (C=O) groups excluding carboxylic acids is 1. The molecule has 0 amide bonds. The Labute approximate surface area is 118 Å². The fraction of sp³-hybridized carbons (Fsp3) is 0.533. The van der Waals surface area contributed by atoms with Crippen LogP contribution in [0.5, 0.6) is 0 Å². The first-order valence-corrected chi connectivity index (χ1v) is 7.25. The average molecular weight is 313 g/mol. The van der Waals surface area contributed by atoms with E-state index in [1.165, 1.54) is 0 Å². The topological polar surface area (TPSA) is 26.3 Å². The molecule has 2 unspecified atom stereocenters. The predicted molar refractivity (Wildman–Crippen MR) is 78.0 cm³/mol. The first kappa shape index (κ1) is 15.4. The van der Waals surface area contributed by atoms with Gasteiger partial charge >= 0.3 is 0 Å². The average Bonchev–Trinajstić information content (AvgIpc) is 2.36. The minimum absolute atomic E-state index is 0.0474. The SMILES string of the molecule is CCCC(C)COC(C)C(=O)c1ccc(Br)cc1. The largest absolute Gasteiger partial charge is 0.370 e. The number of hydrogen-bond acceptors (Lipinski definition) is 2. The van der Waals surface area contributed by atoms with Crippen LogP contribution in [-0.4, -0.2) is 18.5 Å². The summed E-state index contributed by atoms with van der Waals surface area (Å²) >= 11 is 3.36. The lowest BCUT2D eigenvalue weighted by molar-refractivity contribution is 0.0354. The highest BCUT2D eigenvalue weighted by Crippen LogP contribution is 2.14. The molecule has 18 heavy (non-hydrogen) atoms. The van der Waals surface area contributed by atoms with Gasteiger partial charge in [0.2, 0.25) is 0 Å². The Bertz CT molecular complexity index is 373. The molecule has 0 fully saturated rings. The molecule has 0 aromatic heterocycles. The van der Waals surface area contributed by atoms with Gasteiger partial charge in [-0.25, -0.2) is 0 Å². The number of rotatable bonds is 7. The Kier molecular flexibility index (Phi) is 6.58. The molecule has 3 heteroatoms. The van der Waals surface area contributed by atoms with Gasteiger partial charge in [-0.1, -0.05) is 48.3 Å². The van der Waals surface area contributed by atoms with E-state index in [1.54, 1.807) is 0 Å². The number of hydrogen-bond donors (Lipinski definition) is 0. The van der Waals surface area contributed by atoms with Crippen molar-refractivity contribution in [2.24, 2.45) is 5.92 Å². The van der Waals surface area contributed by atoms with Gasteiger partial charge < -0.3 is 4.74 Å². The Hall–Kier alpha value is -0.670. The number of carbonyl (C=O) groups is 1. The van der Waals surface area contributed by atoms with Crippen LogP contribution in [0.1, 0.15) is 44.0 Å². The summed E-state index contributed by atoms with van der Waals surface area (Å²) < 4.78 is 6.62. The van der Waals surface area contributed by atoms with Gasteiger partial charge in [0.15, 0.2) is 5.78 Å². The molecule has 1 aromatic carbocycles. The molecule has 1 rings (SSSR count). The summed E-state index contributed by atoms with van der Waals surface area (Å²) in [5.41, 5.74) is 0.703. The quantitative estimate of drug-likeness (QED) is 0.694. The van der Waals surface area contributed by atoms with E-state index < -0.39 is 0 Å². The first-order chi connectivity index (χ1) is 8.54. The van der Waals surface area contributed by atoms with E-state index in [-0.39, 0.29) is 11.9 Å². The van der Waals surface area contributed by atoms with Gasteiger partial charge in [0, 0.05) is 10.0 Å². The molecule has 2 atom stereocenters. The van der Waals surface area contributed by atoms with Gasteiger partial charge in [0.25, 0.3) is 0 Å².